The van der Waals surface area contributed by atoms with Crippen molar-refractivity contribution < 1.29 is 17.6 Å². The van der Waals surface area contributed by atoms with Crippen molar-refractivity contribution in [2.45, 2.75) is 0 Å². The summed E-state index contributed by atoms with van der Waals surface area (Å²) in [5.41, 5.74) is 12.1. The van der Waals surface area contributed by atoms with Crippen molar-refractivity contribution in [3.8, 4) is 22.3 Å². The summed E-state index contributed by atoms with van der Waals surface area (Å²) in [7, 11) is 0. The summed E-state index contributed by atoms with van der Waals surface area (Å²) in [6, 6.07) is 86.0. The zero-order valence-corrected chi connectivity index (χ0v) is 41.7. The second-order valence-electron chi connectivity index (χ2n) is 20.1. The number of rotatable bonds is 8. The highest BCUT2D eigenvalue weighted by atomic mass is 19.1. The SMILES string of the molecule is Fc1ccc(N(c2cc(-c3ccccc3)c3ccc4c(N(c5ccc(F)c6ccccc56)c5cccc6c5oc5ccccc56)cc(-c5ccccc5)c5ccc2c3c54)c2cccc3c2oc2ccccc23)c2ccccc12. The minimum absolute atomic E-state index is 0.297. The van der Waals surface area contributed by atoms with Gasteiger partial charge in [-0.2, -0.15) is 0 Å². The van der Waals surface area contributed by atoms with E-state index in [1.54, 1.807) is 12.1 Å². The van der Waals surface area contributed by atoms with Gasteiger partial charge in [0.1, 0.15) is 22.8 Å². The third-order valence-electron chi connectivity index (χ3n) is 15.9. The van der Waals surface area contributed by atoms with Crippen molar-refractivity contribution in [2.75, 3.05) is 9.80 Å². The summed E-state index contributed by atoms with van der Waals surface area (Å²) < 4.78 is 46.1. The Hall–Kier alpha value is -10.3. The topological polar surface area (TPSA) is 32.8 Å². The lowest BCUT2D eigenvalue weighted by molar-refractivity contribution is 0.639. The van der Waals surface area contributed by atoms with Crippen LogP contribution in [0, 0.1) is 11.6 Å². The molecule has 16 aromatic rings. The van der Waals surface area contributed by atoms with Gasteiger partial charge in [-0.05, 0) is 93.7 Å². The van der Waals surface area contributed by atoms with Crippen molar-refractivity contribution >= 4 is 132 Å². The molecular weight excluding hydrogens is 963 g/mol. The molecule has 0 bridgehead atoms. The first-order chi connectivity index (χ1) is 38.6. The fourth-order valence-electron chi connectivity index (χ4n) is 12.5. The van der Waals surface area contributed by atoms with Crippen LogP contribution in [0.5, 0.6) is 0 Å². The first-order valence-corrected chi connectivity index (χ1v) is 26.2. The van der Waals surface area contributed by atoms with Crippen LogP contribution in [0.2, 0.25) is 0 Å². The molecule has 0 amide bonds. The quantitative estimate of drug-likeness (QED) is 0.142. The predicted molar refractivity (Wildman–Crippen MR) is 320 cm³/mol. The maximum absolute atomic E-state index is 16.1. The molecule has 0 fully saturated rings. The van der Waals surface area contributed by atoms with Gasteiger partial charge in [-0.1, -0.05) is 194 Å². The third kappa shape index (κ3) is 6.50. The molecule has 0 spiro atoms. The molecule has 6 heteroatoms. The lowest BCUT2D eigenvalue weighted by atomic mass is 9.85. The van der Waals surface area contributed by atoms with Crippen LogP contribution in [0.1, 0.15) is 0 Å². The summed E-state index contributed by atoms with van der Waals surface area (Å²) in [6.45, 7) is 0. The number of halogens is 2. The van der Waals surface area contributed by atoms with E-state index in [4.69, 9.17) is 8.83 Å². The first-order valence-electron chi connectivity index (χ1n) is 26.2. The number of fused-ring (bicyclic) bond motifs is 8. The molecule has 2 heterocycles. The molecule has 78 heavy (non-hydrogen) atoms. The predicted octanol–water partition coefficient (Wildman–Crippen LogP) is 21.2. The van der Waals surface area contributed by atoms with E-state index in [9.17, 15) is 0 Å². The molecule has 14 aromatic carbocycles. The lowest BCUT2D eigenvalue weighted by Crippen LogP contribution is -2.13. The Morgan fingerprint density at radius 1 is 0.244 bits per heavy atom. The maximum Gasteiger partial charge on any atom is 0.159 e. The summed E-state index contributed by atoms with van der Waals surface area (Å²) in [5, 5.41) is 12.7. The molecule has 366 valence electrons. The van der Waals surface area contributed by atoms with Gasteiger partial charge in [-0.3, -0.25) is 0 Å². The van der Waals surface area contributed by atoms with Gasteiger partial charge in [0.2, 0.25) is 0 Å². The lowest BCUT2D eigenvalue weighted by Gasteiger charge is -2.31. The standard InChI is InChI=1S/C72H42F2N2O2/c73-59-37-39-61(47-23-9-7-21-45(47)59)75(63-29-15-27-53-49-25-11-13-31-67(49)77-71(53)63)65-41-57(43-17-3-1-4-18-43)51-33-35-56-66(42-58(44-19-5-2-6-20-44)52-34-36-55(65)69(51)70(52)56)76(62-40-38-60(74)46-22-8-10-24-48(46)62)64-30-16-28-54-50-26-12-14-32-68(50)78-72(54)64/h1-42H. The number of furan rings is 2. The average molecular weight is 1010 g/mol. The van der Waals surface area contributed by atoms with E-state index in [-0.39, 0.29) is 11.6 Å². The maximum atomic E-state index is 16.1. The van der Waals surface area contributed by atoms with E-state index >= 15 is 8.78 Å². The van der Waals surface area contributed by atoms with E-state index in [2.05, 4.69) is 143 Å². The highest BCUT2D eigenvalue weighted by Crippen LogP contribution is 2.55. The molecule has 16 rings (SSSR count). The molecule has 0 aliphatic heterocycles. The Bertz CT molecular complexity index is 4760. The summed E-state index contributed by atoms with van der Waals surface area (Å²) in [6.07, 6.45) is 0. The van der Waals surface area contributed by atoms with Crippen LogP contribution in [0.15, 0.2) is 264 Å². The summed E-state index contributed by atoms with van der Waals surface area (Å²) in [5.74, 6) is -0.594. The summed E-state index contributed by atoms with van der Waals surface area (Å²) >= 11 is 0. The van der Waals surface area contributed by atoms with Crippen molar-refractivity contribution in [1.82, 2.24) is 0 Å². The Morgan fingerprint density at radius 3 is 1.04 bits per heavy atom. The van der Waals surface area contributed by atoms with E-state index < -0.39 is 0 Å². The normalized spacial score (nSPS) is 12.0. The van der Waals surface area contributed by atoms with Crippen LogP contribution in [0.25, 0.3) is 120 Å². The Labute approximate surface area is 445 Å². The van der Waals surface area contributed by atoms with Crippen LogP contribution in [-0.4, -0.2) is 0 Å². The highest BCUT2D eigenvalue weighted by molar-refractivity contribution is 6.33. The summed E-state index contributed by atoms with van der Waals surface area (Å²) in [4.78, 5) is 4.56. The highest BCUT2D eigenvalue weighted by Gasteiger charge is 2.30. The minimum Gasteiger partial charge on any atom is -0.454 e. The second kappa shape index (κ2) is 17.1. The smallest absolute Gasteiger partial charge is 0.159 e. The van der Waals surface area contributed by atoms with Crippen molar-refractivity contribution in [2.24, 2.45) is 0 Å². The zero-order chi connectivity index (χ0) is 51.6. The monoisotopic (exact) mass is 1000 g/mol. The zero-order valence-electron chi connectivity index (χ0n) is 41.7. The average Bonchev–Trinajstić information content (AvgIpc) is 4.21. The van der Waals surface area contributed by atoms with Gasteiger partial charge in [0.05, 0.1) is 34.1 Å². The minimum atomic E-state index is -0.297. The largest absolute Gasteiger partial charge is 0.454 e. The number of para-hydroxylation sites is 4. The Balaban J connectivity index is 1.09. The Kier molecular flexibility index (Phi) is 9.66. The van der Waals surface area contributed by atoms with E-state index in [0.29, 0.717) is 10.8 Å². The van der Waals surface area contributed by atoms with Gasteiger partial charge in [0.25, 0.3) is 0 Å². The van der Waals surface area contributed by atoms with Gasteiger partial charge >= 0.3 is 0 Å². The molecule has 2 aromatic heterocycles. The number of nitrogens with zero attached hydrogens (tertiary/aromatic N) is 2. The molecular formula is C72H42F2N2O2. The van der Waals surface area contributed by atoms with Gasteiger partial charge in [-0.25, -0.2) is 8.78 Å². The van der Waals surface area contributed by atoms with Crippen molar-refractivity contribution in [1.29, 1.82) is 0 Å². The van der Waals surface area contributed by atoms with Crippen LogP contribution >= 0.6 is 0 Å². The number of hydrogen-bond donors (Lipinski definition) is 0. The number of benzene rings is 14. The molecule has 0 aliphatic carbocycles. The van der Waals surface area contributed by atoms with E-state index in [1.807, 2.05) is 109 Å². The first kappa shape index (κ1) is 44.0. The second-order valence-corrected chi connectivity index (χ2v) is 20.1. The van der Waals surface area contributed by atoms with Crippen LogP contribution < -0.4 is 9.80 Å². The van der Waals surface area contributed by atoms with Crippen molar-refractivity contribution in [3.63, 3.8) is 0 Å². The van der Waals surface area contributed by atoms with Gasteiger partial charge in [0.15, 0.2) is 11.2 Å². The molecule has 0 unspecified atom stereocenters. The molecule has 0 radical (unpaired) electrons. The van der Waals surface area contributed by atoms with E-state index in [1.165, 1.54) is 0 Å². The van der Waals surface area contributed by atoms with Crippen LogP contribution in [-0.2, 0) is 0 Å². The number of anilines is 6. The molecule has 0 aliphatic rings. The van der Waals surface area contributed by atoms with E-state index in [0.717, 1.165) is 143 Å². The third-order valence-corrected chi connectivity index (χ3v) is 15.9. The fourth-order valence-corrected chi connectivity index (χ4v) is 12.5. The molecule has 4 nitrogen and oxygen atoms in total. The fraction of sp³-hybridized carbons (Fsp3) is 0. The molecule has 0 saturated heterocycles. The number of hydrogen-bond acceptors (Lipinski definition) is 4. The van der Waals surface area contributed by atoms with Gasteiger partial charge in [-0.15, -0.1) is 0 Å². The van der Waals surface area contributed by atoms with Gasteiger partial charge < -0.3 is 18.6 Å². The molecule has 0 saturated carbocycles. The van der Waals surface area contributed by atoms with Crippen LogP contribution in [0.4, 0.5) is 42.9 Å². The van der Waals surface area contributed by atoms with Crippen LogP contribution in [0.3, 0.4) is 0 Å². The molecule has 0 atom stereocenters. The van der Waals surface area contributed by atoms with Gasteiger partial charge in [0, 0.05) is 64.6 Å². The Morgan fingerprint density at radius 2 is 0.603 bits per heavy atom. The van der Waals surface area contributed by atoms with Crippen molar-refractivity contribution in [3.05, 3.63) is 266 Å². The molecule has 0 N–H and O–H groups in total.